The van der Waals surface area contributed by atoms with E-state index in [0.29, 0.717) is 5.54 Å². The van der Waals surface area contributed by atoms with Gasteiger partial charge in [-0.2, -0.15) is 0 Å². The predicted molar refractivity (Wildman–Crippen MR) is 74.3 cm³/mol. The third-order valence-electron chi connectivity index (χ3n) is 5.26. The number of nitrogens with one attached hydrogen (secondary N) is 1. The van der Waals surface area contributed by atoms with Gasteiger partial charge < -0.3 is 5.32 Å². The molecule has 2 nitrogen and oxygen atoms in total. The molecule has 1 saturated carbocycles. The van der Waals surface area contributed by atoms with Crippen molar-refractivity contribution in [2.24, 2.45) is 5.92 Å². The largest absolute Gasteiger partial charge is 0.308 e. The third-order valence-corrected chi connectivity index (χ3v) is 5.26. The Kier molecular flexibility index (Phi) is 4.14. The molecule has 17 heavy (non-hydrogen) atoms. The number of hydrogen-bond acceptors (Lipinski definition) is 2. The monoisotopic (exact) mass is 238 g/mol. The van der Waals surface area contributed by atoms with Gasteiger partial charge in [0.2, 0.25) is 0 Å². The number of piperazine rings is 1. The normalized spacial score (nSPS) is 30.5. The van der Waals surface area contributed by atoms with Crippen LogP contribution in [0.25, 0.3) is 0 Å². The van der Waals surface area contributed by atoms with Crippen molar-refractivity contribution in [2.75, 3.05) is 13.1 Å². The van der Waals surface area contributed by atoms with Crippen molar-refractivity contribution in [1.29, 1.82) is 0 Å². The van der Waals surface area contributed by atoms with E-state index in [-0.39, 0.29) is 0 Å². The second-order valence-electron chi connectivity index (χ2n) is 6.44. The Morgan fingerprint density at radius 2 is 1.88 bits per heavy atom. The van der Waals surface area contributed by atoms with Gasteiger partial charge in [-0.3, -0.25) is 4.90 Å². The average Bonchev–Trinajstić information content (AvgIpc) is 2.26. The molecule has 1 atom stereocenters. The van der Waals surface area contributed by atoms with E-state index in [1.54, 1.807) is 0 Å². The van der Waals surface area contributed by atoms with Gasteiger partial charge in [0.1, 0.15) is 0 Å². The van der Waals surface area contributed by atoms with E-state index in [1.165, 1.54) is 45.2 Å². The second-order valence-corrected chi connectivity index (χ2v) is 6.44. The van der Waals surface area contributed by atoms with Crippen molar-refractivity contribution in [3.63, 3.8) is 0 Å². The lowest BCUT2D eigenvalue weighted by Crippen LogP contribution is -2.67. The van der Waals surface area contributed by atoms with Crippen LogP contribution in [0.2, 0.25) is 0 Å². The Labute approximate surface area is 107 Å². The van der Waals surface area contributed by atoms with E-state index >= 15 is 0 Å². The fraction of sp³-hybridized carbons (Fsp3) is 1.00. The summed E-state index contributed by atoms with van der Waals surface area (Å²) >= 11 is 0. The maximum atomic E-state index is 3.85. The van der Waals surface area contributed by atoms with Crippen molar-refractivity contribution in [2.45, 2.75) is 77.4 Å². The first kappa shape index (κ1) is 13.4. The minimum Gasteiger partial charge on any atom is -0.308 e. The highest BCUT2D eigenvalue weighted by atomic mass is 15.3. The molecule has 1 unspecified atom stereocenters. The predicted octanol–water partition coefficient (Wildman–Crippen LogP) is 3.03. The fourth-order valence-electron chi connectivity index (χ4n) is 3.42. The number of rotatable bonds is 4. The quantitative estimate of drug-likeness (QED) is 0.810. The maximum absolute atomic E-state index is 3.85. The summed E-state index contributed by atoms with van der Waals surface area (Å²) in [4.78, 5) is 2.84. The zero-order valence-electron chi connectivity index (χ0n) is 12.1. The Balaban J connectivity index is 2.09. The zero-order valence-corrected chi connectivity index (χ0v) is 12.1. The van der Waals surface area contributed by atoms with Crippen molar-refractivity contribution in [1.82, 2.24) is 10.2 Å². The molecule has 0 bridgehead atoms. The van der Waals surface area contributed by atoms with Gasteiger partial charge in [-0.25, -0.2) is 0 Å². The molecule has 2 aliphatic rings. The topological polar surface area (TPSA) is 15.3 Å². The highest BCUT2D eigenvalue weighted by Crippen LogP contribution is 2.33. The summed E-state index contributed by atoms with van der Waals surface area (Å²) in [5.74, 6) is 0.773. The lowest BCUT2D eigenvalue weighted by Gasteiger charge is -2.53. The van der Waals surface area contributed by atoms with Gasteiger partial charge in [0.15, 0.2) is 0 Å². The average molecular weight is 238 g/mol. The number of hydrogen-bond donors (Lipinski definition) is 1. The van der Waals surface area contributed by atoms with Crippen LogP contribution in [-0.4, -0.2) is 35.6 Å². The Bertz CT molecular complexity index is 241. The molecule has 100 valence electrons. The Morgan fingerprint density at radius 1 is 1.24 bits per heavy atom. The van der Waals surface area contributed by atoms with Gasteiger partial charge in [-0.1, -0.05) is 34.1 Å². The molecule has 0 aromatic rings. The van der Waals surface area contributed by atoms with Crippen LogP contribution in [0.15, 0.2) is 0 Å². The molecule has 0 radical (unpaired) electrons. The first-order chi connectivity index (χ1) is 8.12. The van der Waals surface area contributed by atoms with Crippen molar-refractivity contribution in [3.05, 3.63) is 0 Å². The van der Waals surface area contributed by atoms with E-state index in [1.807, 2.05) is 0 Å². The molecule has 1 saturated heterocycles. The van der Waals surface area contributed by atoms with Crippen molar-refractivity contribution >= 4 is 0 Å². The lowest BCUT2D eigenvalue weighted by atomic mass is 9.81. The summed E-state index contributed by atoms with van der Waals surface area (Å²) in [5, 5.41) is 3.85. The summed E-state index contributed by atoms with van der Waals surface area (Å²) < 4.78 is 0. The highest BCUT2D eigenvalue weighted by molar-refractivity contribution is 5.00. The SMILES string of the molecule is CCC1(CC)CN(C2CCC2)C(C(C)C)CN1. The molecule has 2 fully saturated rings. The Morgan fingerprint density at radius 3 is 2.29 bits per heavy atom. The summed E-state index contributed by atoms with van der Waals surface area (Å²) in [7, 11) is 0. The Hall–Kier alpha value is -0.0800. The smallest absolute Gasteiger partial charge is 0.0304 e. The van der Waals surface area contributed by atoms with Crippen LogP contribution in [0.3, 0.4) is 0 Å². The summed E-state index contributed by atoms with van der Waals surface area (Å²) in [6.45, 7) is 11.9. The molecule has 1 aliphatic carbocycles. The van der Waals surface area contributed by atoms with Crippen molar-refractivity contribution in [3.8, 4) is 0 Å². The summed E-state index contributed by atoms with van der Waals surface area (Å²) in [6, 6.07) is 1.65. The van der Waals surface area contributed by atoms with Crippen LogP contribution in [0.5, 0.6) is 0 Å². The van der Waals surface area contributed by atoms with Gasteiger partial charge in [-0.15, -0.1) is 0 Å². The molecule has 1 aliphatic heterocycles. The maximum Gasteiger partial charge on any atom is 0.0304 e. The van der Waals surface area contributed by atoms with E-state index in [9.17, 15) is 0 Å². The van der Waals surface area contributed by atoms with E-state index in [4.69, 9.17) is 0 Å². The molecular weight excluding hydrogens is 208 g/mol. The summed E-state index contributed by atoms with van der Waals surface area (Å²) in [5.41, 5.74) is 0.390. The number of nitrogens with zero attached hydrogens (tertiary/aromatic N) is 1. The third kappa shape index (κ3) is 2.53. The first-order valence-electron chi connectivity index (χ1n) is 7.62. The fourth-order valence-corrected chi connectivity index (χ4v) is 3.42. The van der Waals surface area contributed by atoms with Gasteiger partial charge in [-0.05, 0) is 31.6 Å². The minimum absolute atomic E-state index is 0.390. The first-order valence-corrected chi connectivity index (χ1v) is 7.62. The molecule has 2 heteroatoms. The van der Waals surface area contributed by atoms with Gasteiger partial charge >= 0.3 is 0 Å². The van der Waals surface area contributed by atoms with E-state index < -0.39 is 0 Å². The van der Waals surface area contributed by atoms with Gasteiger partial charge in [0.05, 0.1) is 0 Å². The zero-order chi connectivity index (χ0) is 12.5. The molecule has 0 aromatic carbocycles. The molecule has 2 rings (SSSR count). The van der Waals surface area contributed by atoms with E-state index in [2.05, 4.69) is 37.9 Å². The van der Waals surface area contributed by atoms with Crippen LogP contribution < -0.4 is 5.32 Å². The molecule has 1 heterocycles. The summed E-state index contributed by atoms with van der Waals surface area (Å²) in [6.07, 6.45) is 6.85. The van der Waals surface area contributed by atoms with Crippen molar-refractivity contribution < 1.29 is 0 Å². The van der Waals surface area contributed by atoms with Crippen LogP contribution in [0.1, 0.15) is 59.8 Å². The lowest BCUT2D eigenvalue weighted by molar-refractivity contribution is -0.00910. The van der Waals surface area contributed by atoms with Crippen LogP contribution in [-0.2, 0) is 0 Å². The molecule has 1 N–H and O–H groups in total. The van der Waals surface area contributed by atoms with Crippen LogP contribution in [0, 0.1) is 5.92 Å². The second kappa shape index (κ2) is 5.27. The highest BCUT2D eigenvalue weighted by Gasteiger charge is 2.41. The molecule has 0 aromatic heterocycles. The molecule has 0 spiro atoms. The van der Waals surface area contributed by atoms with Gasteiger partial charge in [0.25, 0.3) is 0 Å². The molecule has 0 amide bonds. The standard InChI is InChI=1S/C15H30N2/c1-5-15(6-2)11-17(13-8-7-9-13)14(10-16-15)12(3)4/h12-14,16H,5-11H2,1-4H3. The van der Waals surface area contributed by atoms with Crippen LogP contribution in [0.4, 0.5) is 0 Å². The molecular formula is C15H30N2. The van der Waals surface area contributed by atoms with Crippen LogP contribution >= 0.6 is 0 Å². The minimum atomic E-state index is 0.390. The van der Waals surface area contributed by atoms with Gasteiger partial charge in [0, 0.05) is 30.7 Å². The van der Waals surface area contributed by atoms with E-state index in [0.717, 1.165) is 18.0 Å².